The van der Waals surface area contributed by atoms with Gasteiger partial charge in [-0.05, 0) is 56.0 Å². The Bertz CT molecular complexity index is 652. The number of nitrogens with zero attached hydrogens (tertiary/aromatic N) is 3. The van der Waals surface area contributed by atoms with E-state index in [-0.39, 0.29) is 17.8 Å². The molecule has 1 aliphatic rings. The van der Waals surface area contributed by atoms with Crippen LogP contribution in [0.2, 0.25) is 0 Å². The summed E-state index contributed by atoms with van der Waals surface area (Å²) in [6.45, 7) is 3.70. The van der Waals surface area contributed by atoms with Crippen LogP contribution >= 0.6 is 0 Å². The molecule has 2 heterocycles. The van der Waals surface area contributed by atoms with E-state index in [4.69, 9.17) is 0 Å². The number of aromatic nitrogens is 2. The van der Waals surface area contributed by atoms with Crippen molar-refractivity contribution in [2.45, 2.75) is 26.2 Å². The number of piperidine rings is 1. The van der Waals surface area contributed by atoms with Crippen molar-refractivity contribution in [3.8, 4) is 0 Å². The maximum Gasteiger partial charge on any atom is 0.151 e. The standard InChI is InChI=1S/C18H22FN3O/c1-14-5-6-17(21-20-14)22-9-7-18(13-23,8-10-22)12-15-3-2-4-16(19)11-15/h2-6,11,23H,7-10,12-13H2,1H3. The highest BCUT2D eigenvalue weighted by molar-refractivity contribution is 5.38. The molecular formula is C18H22FN3O. The van der Waals surface area contributed by atoms with Gasteiger partial charge in [0.15, 0.2) is 5.82 Å². The van der Waals surface area contributed by atoms with Gasteiger partial charge in [-0.2, -0.15) is 5.10 Å². The molecule has 0 bridgehead atoms. The van der Waals surface area contributed by atoms with Gasteiger partial charge in [0.2, 0.25) is 0 Å². The minimum Gasteiger partial charge on any atom is -0.396 e. The maximum absolute atomic E-state index is 13.4. The molecule has 1 aromatic carbocycles. The molecule has 0 spiro atoms. The van der Waals surface area contributed by atoms with Crippen LogP contribution in [-0.2, 0) is 6.42 Å². The van der Waals surface area contributed by atoms with Crippen LogP contribution in [-0.4, -0.2) is 35.0 Å². The molecule has 2 aromatic rings. The van der Waals surface area contributed by atoms with Crippen molar-refractivity contribution in [3.05, 3.63) is 53.5 Å². The highest BCUT2D eigenvalue weighted by Gasteiger charge is 2.34. The molecule has 1 saturated heterocycles. The van der Waals surface area contributed by atoms with Gasteiger partial charge >= 0.3 is 0 Å². The first-order valence-corrected chi connectivity index (χ1v) is 8.01. The third-order valence-corrected chi connectivity index (χ3v) is 4.74. The lowest BCUT2D eigenvalue weighted by molar-refractivity contribution is 0.0960. The first-order valence-electron chi connectivity index (χ1n) is 8.01. The largest absolute Gasteiger partial charge is 0.396 e. The van der Waals surface area contributed by atoms with Crippen LogP contribution in [0.1, 0.15) is 24.1 Å². The summed E-state index contributed by atoms with van der Waals surface area (Å²) in [5.41, 5.74) is 1.67. The smallest absolute Gasteiger partial charge is 0.151 e. The van der Waals surface area contributed by atoms with Gasteiger partial charge < -0.3 is 10.0 Å². The van der Waals surface area contributed by atoms with Crippen molar-refractivity contribution in [1.82, 2.24) is 10.2 Å². The van der Waals surface area contributed by atoms with E-state index < -0.39 is 0 Å². The summed E-state index contributed by atoms with van der Waals surface area (Å²) < 4.78 is 13.4. The van der Waals surface area contributed by atoms with Crippen molar-refractivity contribution in [2.75, 3.05) is 24.6 Å². The number of rotatable bonds is 4. The summed E-state index contributed by atoms with van der Waals surface area (Å²) in [7, 11) is 0. The van der Waals surface area contributed by atoms with E-state index >= 15 is 0 Å². The Kier molecular flexibility index (Phi) is 4.57. The molecule has 23 heavy (non-hydrogen) atoms. The zero-order chi connectivity index (χ0) is 16.3. The third kappa shape index (κ3) is 3.67. The molecule has 0 saturated carbocycles. The van der Waals surface area contributed by atoms with Crippen LogP contribution in [0.15, 0.2) is 36.4 Å². The van der Waals surface area contributed by atoms with E-state index in [0.717, 1.165) is 43.0 Å². The van der Waals surface area contributed by atoms with Crippen LogP contribution in [0.25, 0.3) is 0 Å². The first kappa shape index (κ1) is 15.9. The second-order valence-electron chi connectivity index (χ2n) is 6.48. The zero-order valence-electron chi connectivity index (χ0n) is 13.4. The van der Waals surface area contributed by atoms with Crippen molar-refractivity contribution < 1.29 is 9.50 Å². The third-order valence-electron chi connectivity index (χ3n) is 4.74. The van der Waals surface area contributed by atoms with Gasteiger partial charge in [0.25, 0.3) is 0 Å². The molecule has 3 rings (SSSR count). The Labute approximate surface area is 136 Å². The number of aliphatic hydroxyl groups excluding tert-OH is 1. The van der Waals surface area contributed by atoms with E-state index in [1.54, 1.807) is 12.1 Å². The molecule has 0 amide bonds. The zero-order valence-corrected chi connectivity index (χ0v) is 13.4. The van der Waals surface area contributed by atoms with Gasteiger partial charge in [0.05, 0.1) is 5.69 Å². The topological polar surface area (TPSA) is 49.2 Å². The fraction of sp³-hybridized carbons (Fsp3) is 0.444. The molecule has 0 radical (unpaired) electrons. The quantitative estimate of drug-likeness (QED) is 0.942. The first-order chi connectivity index (χ1) is 11.1. The average molecular weight is 315 g/mol. The van der Waals surface area contributed by atoms with Crippen molar-refractivity contribution in [3.63, 3.8) is 0 Å². The van der Waals surface area contributed by atoms with Gasteiger partial charge in [0.1, 0.15) is 5.82 Å². The van der Waals surface area contributed by atoms with Crippen LogP contribution in [0.5, 0.6) is 0 Å². The SMILES string of the molecule is Cc1ccc(N2CCC(CO)(Cc3cccc(F)c3)CC2)nn1. The number of hydrogen-bond donors (Lipinski definition) is 1. The molecule has 1 aromatic heterocycles. The molecule has 122 valence electrons. The molecule has 0 atom stereocenters. The predicted octanol–water partition coefficient (Wildman–Crippen LogP) is 2.75. The molecular weight excluding hydrogens is 293 g/mol. The number of anilines is 1. The van der Waals surface area contributed by atoms with E-state index in [9.17, 15) is 9.50 Å². The summed E-state index contributed by atoms with van der Waals surface area (Å²) in [5, 5.41) is 18.3. The second kappa shape index (κ2) is 6.62. The number of halogens is 1. The minimum absolute atomic E-state index is 0.122. The fourth-order valence-electron chi connectivity index (χ4n) is 3.24. The molecule has 4 nitrogen and oxygen atoms in total. The van der Waals surface area contributed by atoms with Crippen LogP contribution in [0.4, 0.5) is 10.2 Å². The van der Waals surface area contributed by atoms with E-state index in [1.807, 2.05) is 25.1 Å². The van der Waals surface area contributed by atoms with Gasteiger partial charge in [-0.1, -0.05) is 12.1 Å². The highest BCUT2D eigenvalue weighted by atomic mass is 19.1. The van der Waals surface area contributed by atoms with Gasteiger partial charge in [0, 0.05) is 25.1 Å². The molecule has 1 N–H and O–H groups in total. The Hall–Kier alpha value is -2.01. The van der Waals surface area contributed by atoms with Crippen LogP contribution in [0, 0.1) is 18.2 Å². The molecule has 1 fully saturated rings. The number of benzene rings is 1. The van der Waals surface area contributed by atoms with Crippen molar-refractivity contribution in [1.29, 1.82) is 0 Å². The Balaban J connectivity index is 1.68. The molecule has 0 unspecified atom stereocenters. The monoisotopic (exact) mass is 315 g/mol. The normalized spacial score (nSPS) is 17.3. The van der Waals surface area contributed by atoms with Gasteiger partial charge in [-0.25, -0.2) is 4.39 Å². The summed E-state index contributed by atoms with van der Waals surface area (Å²) in [5.74, 6) is 0.663. The minimum atomic E-state index is -0.219. The van der Waals surface area contributed by atoms with E-state index in [0.29, 0.717) is 6.42 Å². The highest BCUT2D eigenvalue weighted by Crippen LogP contribution is 2.36. The number of aryl methyl sites for hydroxylation is 1. The second-order valence-corrected chi connectivity index (χ2v) is 6.48. The average Bonchev–Trinajstić information content (AvgIpc) is 2.56. The molecule has 0 aliphatic carbocycles. The van der Waals surface area contributed by atoms with Crippen LogP contribution in [0.3, 0.4) is 0 Å². The van der Waals surface area contributed by atoms with Gasteiger partial charge in [-0.15, -0.1) is 5.10 Å². The maximum atomic E-state index is 13.4. The van der Waals surface area contributed by atoms with Crippen molar-refractivity contribution >= 4 is 5.82 Å². The lowest BCUT2D eigenvalue weighted by Gasteiger charge is -2.41. The predicted molar refractivity (Wildman–Crippen MR) is 87.8 cm³/mol. The van der Waals surface area contributed by atoms with Gasteiger partial charge in [-0.3, -0.25) is 0 Å². The molecule has 1 aliphatic heterocycles. The van der Waals surface area contributed by atoms with Crippen molar-refractivity contribution in [2.24, 2.45) is 5.41 Å². The Morgan fingerprint density at radius 3 is 2.57 bits per heavy atom. The lowest BCUT2D eigenvalue weighted by Crippen LogP contribution is -2.43. The van der Waals surface area contributed by atoms with Crippen LogP contribution < -0.4 is 4.90 Å². The summed E-state index contributed by atoms with van der Waals surface area (Å²) in [6, 6.07) is 10.6. The van der Waals surface area contributed by atoms with E-state index in [1.165, 1.54) is 6.07 Å². The number of hydrogen-bond acceptors (Lipinski definition) is 4. The summed E-state index contributed by atoms with van der Waals surface area (Å²) in [4.78, 5) is 2.20. The number of aliphatic hydroxyl groups is 1. The Morgan fingerprint density at radius 2 is 1.96 bits per heavy atom. The summed E-state index contributed by atoms with van der Waals surface area (Å²) in [6.07, 6.45) is 2.42. The summed E-state index contributed by atoms with van der Waals surface area (Å²) >= 11 is 0. The van der Waals surface area contributed by atoms with E-state index in [2.05, 4.69) is 15.1 Å². The molecule has 5 heteroatoms. The lowest BCUT2D eigenvalue weighted by atomic mass is 9.74. The Morgan fingerprint density at radius 1 is 1.17 bits per heavy atom. The fourth-order valence-corrected chi connectivity index (χ4v) is 3.24.